The van der Waals surface area contributed by atoms with Crippen LogP contribution in [0.2, 0.25) is 0 Å². The summed E-state index contributed by atoms with van der Waals surface area (Å²) in [6, 6.07) is 1.66. The zero-order valence-electron chi connectivity index (χ0n) is 6.93. The van der Waals surface area contributed by atoms with E-state index >= 15 is 0 Å². The topological polar surface area (TPSA) is 27.0 Å². The highest BCUT2D eigenvalue weighted by atomic mass is 35.5. The second-order valence-corrected chi connectivity index (χ2v) is 3.80. The quantitative estimate of drug-likeness (QED) is 0.717. The standard InChI is InChI=1S/C8H9Cl2FN2/c9-3-7(10)4-13-2-1-8(11,5-12)6-13/h3H,1-2,4,6H2/b7-3-. The minimum absolute atomic E-state index is 0.116. The lowest BCUT2D eigenvalue weighted by atomic mass is 10.1. The summed E-state index contributed by atoms with van der Waals surface area (Å²) in [4.78, 5) is 1.77. The van der Waals surface area contributed by atoms with Crippen LogP contribution in [0.1, 0.15) is 6.42 Å². The summed E-state index contributed by atoms with van der Waals surface area (Å²) in [5.41, 5.74) is -0.449. The highest BCUT2D eigenvalue weighted by molar-refractivity contribution is 6.36. The van der Waals surface area contributed by atoms with E-state index < -0.39 is 5.67 Å². The average molecular weight is 223 g/mol. The Kier molecular flexibility index (Phi) is 3.55. The largest absolute Gasteiger partial charge is 0.294 e. The van der Waals surface area contributed by atoms with Crippen molar-refractivity contribution in [1.29, 1.82) is 5.26 Å². The molecule has 1 aliphatic rings. The molecule has 72 valence electrons. The molecule has 1 fully saturated rings. The number of halogens is 3. The summed E-state index contributed by atoms with van der Waals surface area (Å²) < 4.78 is 13.3. The van der Waals surface area contributed by atoms with Crippen molar-refractivity contribution in [2.75, 3.05) is 19.6 Å². The first-order valence-corrected chi connectivity index (χ1v) is 4.68. The molecule has 0 bridgehead atoms. The number of hydrogen-bond acceptors (Lipinski definition) is 2. The second-order valence-electron chi connectivity index (χ2n) is 3.09. The van der Waals surface area contributed by atoms with Crippen LogP contribution in [0.5, 0.6) is 0 Å². The Morgan fingerprint density at radius 1 is 1.77 bits per heavy atom. The van der Waals surface area contributed by atoms with Gasteiger partial charge in [0.15, 0.2) is 0 Å². The van der Waals surface area contributed by atoms with E-state index in [2.05, 4.69) is 0 Å². The van der Waals surface area contributed by atoms with Crippen LogP contribution >= 0.6 is 23.2 Å². The van der Waals surface area contributed by atoms with Crippen LogP contribution in [-0.2, 0) is 0 Å². The fraction of sp³-hybridized carbons (Fsp3) is 0.625. The highest BCUT2D eigenvalue weighted by Gasteiger charge is 2.38. The third kappa shape index (κ3) is 2.84. The predicted molar refractivity (Wildman–Crippen MR) is 50.3 cm³/mol. The van der Waals surface area contributed by atoms with E-state index in [0.29, 0.717) is 18.1 Å². The van der Waals surface area contributed by atoms with Gasteiger partial charge in [0.25, 0.3) is 0 Å². The molecule has 0 aromatic carbocycles. The lowest BCUT2D eigenvalue weighted by Crippen LogP contribution is -2.28. The van der Waals surface area contributed by atoms with Gasteiger partial charge in [-0.3, -0.25) is 4.90 Å². The van der Waals surface area contributed by atoms with Gasteiger partial charge in [-0.05, 0) is 0 Å². The van der Waals surface area contributed by atoms with Crippen LogP contribution in [0.15, 0.2) is 10.6 Å². The summed E-state index contributed by atoms with van der Waals surface area (Å²) in [5, 5.41) is 8.97. The fourth-order valence-corrected chi connectivity index (χ4v) is 1.56. The van der Waals surface area contributed by atoms with E-state index in [4.69, 9.17) is 28.5 Å². The molecule has 0 aliphatic carbocycles. The molecule has 1 rings (SSSR count). The van der Waals surface area contributed by atoms with Crippen LogP contribution in [0.3, 0.4) is 0 Å². The molecule has 0 saturated carbocycles. The minimum atomic E-state index is -1.70. The van der Waals surface area contributed by atoms with E-state index in [1.165, 1.54) is 5.54 Å². The van der Waals surface area contributed by atoms with Gasteiger partial charge in [0.2, 0.25) is 5.67 Å². The van der Waals surface area contributed by atoms with Crippen molar-refractivity contribution in [3.8, 4) is 6.07 Å². The molecule has 0 amide bonds. The Bertz CT molecular complexity index is 261. The Labute approximate surface area is 86.5 Å². The van der Waals surface area contributed by atoms with Crippen LogP contribution in [0, 0.1) is 11.3 Å². The average Bonchev–Trinajstić information content (AvgIpc) is 2.48. The molecule has 0 radical (unpaired) electrons. The van der Waals surface area contributed by atoms with Gasteiger partial charge in [0.1, 0.15) is 6.07 Å². The maximum absolute atomic E-state index is 13.3. The lowest BCUT2D eigenvalue weighted by Gasteiger charge is -2.14. The van der Waals surface area contributed by atoms with E-state index in [0.717, 1.165) is 0 Å². The maximum atomic E-state index is 13.3. The zero-order chi connectivity index (χ0) is 9.90. The van der Waals surface area contributed by atoms with Crippen molar-refractivity contribution in [1.82, 2.24) is 4.90 Å². The van der Waals surface area contributed by atoms with E-state index in [1.807, 2.05) is 0 Å². The van der Waals surface area contributed by atoms with E-state index in [-0.39, 0.29) is 13.0 Å². The van der Waals surface area contributed by atoms with Gasteiger partial charge in [-0.25, -0.2) is 4.39 Å². The molecule has 0 N–H and O–H groups in total. The van der Waals surface area contributed by atoms with Crippen LogP contribution in [0.25, 0.3) is 0 Å². The number of alkyl halides is 1. The number of rotatable bonds is 2. The van der Waals surface area contributed by atoms with Gasteiger partial charge in [0, 0.05) is 36.6 Å². The van der Waals surface area contributed by atoms with Gasteiger partial charge < -0.3 is 0 Å². The first-order chi connectivity index (χ1) is 6.09. The SMILES string of the molecule is N#CC1(F)CCN(C/C(Cl)=C/Cl)C1. The van der Waals surface area contributed by atoms with Crippen molar-refractivity contribution in [3.63, 3.8) is 0 Å². The molecule has 1 unspecified atom stereocenters. The summed E-state index contributed by atoms with van der Waals surface area (Å²) in [6.45, 7) is 1.08. The molecule has 1 saturated heterocycles. The Hall–Kier alpha value is -0.300. The number of likely N-dealkylation sites (tertiary alicyclic amines) is 1. The molecule has 0 aromatic heterocycles. The summed E-state index contributed by atoms with van der Waals surface area (Å²) >= 11 is 11.0. The van der Waals surface area contributed by atoms with Crippen molar-refractivity contribution in [2.45, 2.75) is 12.1 Å². The number of nitrogens with zero attached hydrogens (tertiary/aromatic N) is 2. The van der Waals surface area contributed by atoms with E-state index in [9.17, 15) is 4.39 Å². The third-order valence-corrected chi connectivity index (χ3v) is 2.60. The van der Waals surface area contributed by atoms with Crippen LogP contribution in [0.4, 0.5) is 4.39 Å². The van der Waals surface area contributed by atoms with Gasteiger partial charge in [-0.15, -0.1) is 0 Å². The Morgan fingerprint density at radius 3 is 2.92 bits per heavy atom. The molecular weight excluding hydrogens is 214 g/mol. The van der Waals surface area contributed by atoms with Crippen molar-refractivity contribution in [2.24, 2.45) is 0 Å². The summed E-state index contributed by atoms with van der Waals surface area (Å²) in [6.07, 6.45) is 0.246. The minimum Gasteiger partial charge on any atom is -0.294 e. The molecule has 0 aromatic rings. The fourth-order valence-electron chi connectivity index (χ4n) is 1.32. The summed E-state index contributed by atoms with van der Waals surface area (Å²) in [7, 11) is 0. The maximum Gasteiger partial charge on any atom is 0.209 e. The normalized spacial score (nSPS) is 30.5. The second kappa shape index (κ2) is 4.28. The smallest absolute Gasteiger partial charge is 0.209 e. The monoisotopic (exact) mass is 222 g/mol. The third-order valence-electron chi connectivity index (χ3n) is 1.99. The van der Waals surface area contributed by atoms with Gasteiger partial charge in [-0.2, -0.15) is 5.26 Å². The number of nitriles is 1. The molecule has 13 heavy (non-hydrogen) atoms. The first-order valence-electron chi connectivity index (χ1n) is 3.87. The number of hydrogen-bond donors (Lipinski definition) is 0. The zero-order valence-corrected chi connectivity index (χ0v) is 8.45. The van der Waals surface area contributed by atoms with Crippen molar-refractivity contribution >= 4 is 23.2 Å². The van der Waals surface area contributed by atoms with Gasteiger partial charge in [0.05, 0.1) is 0 Å². The molecule has 1 aliphatic heterocycles. The van der Waals surface area contributed by atoms with Gasteiger partial charge in [-0.1, -0.05) is 23.2 Å². The molecule has 1 atom stereocenters. The van der Waals surface area contributed by atoms with Crippen LogP contribution in [-0.4, -0.2) is 30.2 Å². The van der Waals surface area contributed by atoms with Crippen LogP contribution < -0.4 is 0 Å². The Balaban J connectivity index is 2.47. The van der Waals surface area contributed by atoms with E-state index in [1.54, 1.807) is 11.0 Å². The Morgan fingerprint density at radius 2 is 2.46 bits per heavy atom. The van der Waals surface area contributed by atoms with Gasteiger partial charge >= 0.3 is 0 Å². The molecule has 5 heteroatoms. The molecule has 1 heterocycles. The molecule has 2 nitrogen and oxygen atoms in total. The summed E-state index contributed by atoms with van der Waals surface area (Å²) in [5.74, 6) is 0. The molecule has 0 spiro atoms. The predicted octanol–water partition coefficient (Wildman–Crippen LogP) is 2.24. The van der Waals surface area contributed by atoms with Crippen molar-refractivity contribution in [3.05, 3.63) is 10.6 Å². The van der Waals surface area contributed by atoms with Crippen molar-refractivity contribution < 1.29 is 4.39 Å². The lowest BCUT2D eigenvalue weighted by molar-refractivity contribution is 0.236. The molecular formula is C8H9Cl2FN2. The first kappa shape index (κ1) is 10.8. The highest BCUT2D eigenvalue weighted by Crippen LogP contribution is 2.25.